The number of aromatic amines is 1. The lowest BCUT2D eigenvalue weighted by Gasteiger charge is -2.05. The molecule has 0 saturated carbocycles. The first-order valence-electron chi connectivity index (χ1n) is 7.53. The van der Waals surface area contributed by atoms with Gasteiger partial charge in [0.15, 0.2) is 0 Å². The number of carbonyl (C=O) groups excluding carboxylic acids is 2. The minimum Gasteiger partial charge on any atom is -0.354 e. The third kappa shape index (κ3) is 3.03. The van der Waals surface area contributed by atoms with Crippen molar-refractivity contribution in [2.75, 3.05) is 7.05 Å². The van der Waals surface area contributed by atoms with Gasteiger partial charge in [0.1, 0.15) is 17.3 Å². The minimum absolute atomic E-state index is 0.179. The van der Waals surface area contributed by atoms with E-state index in [2.05, 4.69) is 10.3 Å². The summed E-state index contributed by atoms with van der Waals surface area (Å²) in [7, 11) is 1.54. The summed E-state index contributed by atoms with van der Waals surface area (Å²) in [6, 6.07) is 3.47. The zero-order valence-corrected chi connectivity index (χ0v) is 13.2. The van der Waals surface area contributed by atoms with Crippen molar-refractivity contribution < 1.29 is 14.0 Å². The van der Waals surface area contributed by atoms with Gasteiger partial charge < -0.3 is 10.3 Å². The van der Waals surface area contributed by atoms with Gasteiger partial charge in [-0.25, -0.2) is 4.39 Å². The molecule has 1 aromatic heterocycles. The third-order valence-electron chi connectivity index (χ3n) is 3.93. The van der Waals surface area contributed by atoms with Gasteiger partial charge in [-0.3, -0.25) is 9.59 Å². The molecule has 0 radical (unpaired) electrons. The number of ketones is 1. The quantitative estimate of drug-likeness (QED) is 0.860. The molecule has 0 atom stereocenters. The Hall–Kier alpha value is -2.17. The van der Waals surface area contributed by atoms with Gasteiger partial charge >= 0.3 is 0 Å². The summed E-state index contributed by atoms with van der Waals surface area (Å²) < 4.78 is 14.5. The molecule has 5 heteroatoms. The van der Waals surface area contributed by atoms with E-state index in [9.17, 15) is 14.0 Å². The molecule has 0 spiro atoms. The first-order chi connectivity index (χ1) is 10.5. The van der Waals surface area contributed by atoms with Crippen LogP contribution in [0.1, 0.15) is 47.8 Å². The molecule has 2 rings (SSSR count). The number of halogens is 1. The van der Waals surface area contributed by atoms with E-state index in [1.807, 2.05) is 6.92 Å². The van der Waals surface area contributed by atoms with Gasteiger partial charge in [0.25, 0.3) is 5.91 Å². The standard InChI is InChI=1S/C17H21FN2O2/c1-4-11(21)6-5-7-12-14-13(9-8-10(2)15(14)18)20-16(12)17(22)19-3/h8-9,20H,4-7H2,1-3H3,(H,19,22). The second-order valence-corrected chi connectivity index (χ2v) is 5.42. The van der Waals surface area contributed by atoms with E-state index in [4.69, 9.17) is 0 Å². The van der Waals surface area contributed by atoms with Crippen LogP contribution in [0.3, 0.4) is 0 Å². The number of benzene rings is 1. The van der Waals surface area contributed by atoms with E-state index in [0.29, 0.717) is 53.4 Å². The van der Waals surface area contributed by atoms with E-state index in [-0.39, 0.29) is 17.5 Å². The number of H-pyrrole nitrogens is 1. The zero-order valence-electron chi connectivity index (χ0n) is 13.2. The third-order valence-corrected chi connectivity index (χ3v) is 3.93. The maximum absolute atomic E-state index is 14.5. The Morgan fingerprint density at radius 2 is 2.05 bits per heavy atom. The molecule has 4 nitrogen and oxygen atoms in total. The SMILES string of the molecule is CCC(=O)CCCc1c(C(=O)NC)[nH]c2ccc(C)c(F)c12. The number of aromatic nitrogens is 1. The summed E-state index contributed by atoms with van der Waals surface area (Å²) in [6.07, 6.45) is 2.05. The molecule has 22 heavy (non-hydrogen) atoms. The number of aryl methyl sites for hydroxylation is 2. The van der Waals surface area contributed by atoms with Gasteiger partial charge in [-0.2, -0.15) is 0 Å². The van der Waals surface area contributed by atoms with Gasteiger partial charge in [-0.05, 0) is 37.0 Å². The van der Waals surface area contributed by atoms with Gasteiger partial charge in [-0.1, -0.05) is 13.0 Å². The Kier molecular flexibility index (Phi) is 4.96. The predicted molar refractivity (Wildman–Crippen MR) is 84.6 cm³/mol. The minimum atomic E-state index is -0.305. The largest absolute Gasteiger partial charge is 0.354 e. The van der Waals surface area contributed by atoms with Crippen molar-refractivity contribution >= 4 is 22.6 Å². The Morgan fingerprint density at radius 1 is 1.32 bits per heavy atom. The molecular weight excluding hydrogens is 283 g/mol. The van der Waals surface area contributed by atoms with Crippen molar-refractivity contribution in [3.63, 3.8) is 0 Å². The van der Waals surface area contributed by atoms with Crippen LogP contribution in [0.2, 0.25) is 0 Å². The smallest absolute Gasteiger partial charge is 0.267 e. The summed E-state index contributed by atoms with van der Waals surface area (Å²) in [4.78, 5) is 26.5. The second kappa shape index (κ2) is 6.73. The molecular formula is C17H21FN2O2. The summed E-state index contributed by atoms with van der Waals surface area (Å²) in [5, 5.41) is 3.03. The molecule has 1 aromatic carbocycles. The number of nitrogens with one attached hydrogen (secondary N) is 2. The Labute approximate surface area is 129 Å². The van der Waals surface area contributed by atoms with Gasteiger partial charge in [-0.15, -0.1) is 0 Å². The summed E-state index contributed by atoms with van der Waals surface area (Å²) in [5.41, 5.74) is 2.18. The predicted octanol–water partition coefficient (Wildman–Crippen LogP) is 3.28. The fraction of sp³-hybridized carbons (Fsp3) is 0.412. The lowest BCUT2D eigenvalue weighted by atomic mass is 10.0. The molecule has 0 aliphatic rings. The zero-order chi connectivity index (χ0) is 16.3. The van der Waals surface area contributed by atoms with E-state index < -0.39 is 0 Å². The van der Waals surface area contributed by atoms with E-state index >= 15 is 0 Å². The lowest BCUT2D eigenvalue weighted by Crippen LogP contribution is -2.19. The second-order valence-electron chi connectivity index (χ2n) is 5.42. The van der Waals surface area contributed by atoms with Crippen LogP contribution in [-0.2, 0) is 11.2 Å². The number of Topliss-reactive ketones (excluding diaryl/α,β-unsaturated/α-hetero) is 1. The monoisotopic (exact) mass is 304 g/mol. The molecule has 2 N–H and O–H groups in total. The number of hydrogen-bond acceptors (Lipinski definition) is 2. The van der Waals surface area contributed by atoms with Crippen molar-refractivity contribution in [2.24, 2.45) is 0 Å². The molecule has 118 valence electrons. The van der Waals surface area contributed by atoms with Crippen LogP contribution in [0.5, 0.6) is 0 Å². The Morgan fingerprint density at radius 3 is 2.68 bits per heavy atom. The van der Waals surface area contributed by atoms with Crippen molar-refractivity contribution in [1.29, 1.82) is 0 Å². The van der Waals surface area contributed by atoms with Crippen LogP contribution in [0.4, 0.5) is 4.39 Å². The van der Waals surface area contributed by atoms with Crippen LogP contribution in [0.25, 0.3) is 10.9 Å². The lowest BCUT2D eigenvalue weighted by molar-refractivity contribution is -0.118. The summed E-state index contributed by atoms with van der Waals surface area (Å²) in [5.74, 6) is -0.399. The highest BCUT2D eigenvalue weighted by molar-refractivity contribution is 6.01. The molecule has 0 saturated heterocycles. The maximum Gasteiger partial charge on any atom is 0.267 e. The highest BCUT2D eigenvalue weighted by atomic mass is 19.1. The van der Waals surface area contributed by atoms with Crippen LogP contribution in [0.15, 0.2) is 12.1 Å². The molecule has 0 bridgehead atoms. The Balaban J connectivity index is 2.45. The van der Waals surface area contributed by atoms with Crippen molar-refractivity contribution in [1.82, 2.24) is 10.3 Å². The van der Waals surface area contributed by atoms with Crippen LogP contribution in [-0.4, -0.2) is 23.7 Å². The average molecular weight is 304 g/mol. The first-order valence-corrected chi connectivity index (χ1v) is 7.53. The fourth-order valence-electron chi connectivity index (χ4n) is 2.62. The van der Waals surface area contributed by atoms with Crippen molar-refractivity contribution in [3.8, 4) is 0 Å². The normalized spacial score (nSPS) is 10.9. The fourth-order valence-corrected chi connectivity index (χ4v) is 2.62. The van der Waals surface area contributed by atoms with E-state index in [1.54, 1.807) is 26.1 Å². The van der Waals surface area contributed by atoms with Gasteiger partial charge in [0, 0.05) is 30.8 Å². The highest BCUT2D eigenvalue weighted by Gasteiger charge is 2.20. The topological polar surface area (TPSA) is 62.0 Å². The maximum atomic E-state index is 14.5. The van der Waals surface area contributed by atoms with Crippen molar-refractivity contribution in [2.45, 2.75) is 39.5 Å². The Bertz CT molecular complexity index is 719. The molecule has 0 unspecified atom stereocenters. The van der Waals surface area contributed by atoms with Crippen LogP contribution in [0, 0.1) is 12.7 Å². The van der Waals surface area contributed by atoms with E-state index in [0.717, 1.165) is 0 Å². The summed E-state index contributed by atoms with van der Waals surface area (Å²) in [6.45, 7) is 3.53. The van der Waals surface area contributed by atoms with Gasteiger partial charge in [0.05, 0.1) is 0 Å². The number of rotatable bonds is 6. The molecule has 1 heterocycles. The molecule has 2 aromatic rings. The number of amides is 1. The van der Waals surface area contributed by atoms with Crippen LogP contribution >= 0.6 is 0 Å². The average Bonchev–Trinajstić information content (AvgIpc) is 2.89. The summed E-state index contributed by atoms with van der Waals surface area (Å²) >= 11 is 0. The molecule has 0 fully saturated rings. The van der Waals surface area contributed by atoms with Crippen molar-refractivity contribution in [3.05, 3.63) is 34.8 Å². The van der Waals surface area contributed by atoms with Gasteiger partial charge in [0.2, 0.25) is 0 Å². The number of carbonyl (C=O) groups is 2. The number of fused-ring (bicyclic) bond motifs is 1. The molecule has 1 amide bonds. The first kappa shape index (κ1) is 16.2. The van der Waals surface area contributed by atoms with Crippen LogP contribution < -0.4 is 5.32 Å². The molecule has 0 aliphatic carbocycles. The van der Waals surface area contributed by atoms with E-state index in [1.165, 1.54) is 0 Å². The number of hydrogen-bond donors (Lipinski definition) is 2. The highest BCUT2D eigenvalue weighted by Crippen LogP contribution is 2.28. The molecule has 0 aliphatic heterocycles.